The Labute approximate surface area is 94.2 Å². The van der Waals surface area contributed by atoms with Crippen LogP contribution >= 0.6 is 0 Å². The maximum atomic E-state index is 12.7. The third-order valence-electron chi connectivity index (χ3n) is 2.50. The van der Waals surface area contributed by atoms with Gasteiger partial charge in [-0.1, -0.05) is 0 Å². The minimum absolute atomic E-state index is 1.00. The van der Waals surface area contributed by atoms with E-state index < -0.39 is 18.8 Å². The van der Waals surface area contributed by atoms with E-state index in [0.29, 0.717) is 0 Å². The third-order valence-corrected chi connectivity index (χ3v) is 9.82. The van der Waals surface area contributed by atoms with Crippen molar-refractivity contribution >= 4 is 25.8 Å². The second-order valence-corrected chi connectivity index (χ2v) is 11.8. The van der Waals surface area contributed by atoms with E-state index in [4.69, 9.17) is 0 Å². The third kappa shape index (κ3) is 2.18. The summed E-state index contributed by atoms with van der Waals surface area (Å²) in [5.41, 5.74) is 0. The fourth-order valence-corrected chi connectivity index (χ4v) is 6.66. The van der Waals surface area contributed by atoms with Gasteiger partial charge in [0, 0.05) is 0 Å². The maximum absolute atomic E-state index is 12.7. The van der Waals surface area contributed by atoms with E-state index in [1.807, 2.05) is 65.5 Å². The van der Waals surface area contributed by atoms with Crippen molar-refractivity contribution in [2.45, 2.75) is 4.87 Å². The molecule has 1 nitrogen and oxygen atoms in total. The first-order chi connectivity index (χ1) is 7.21. The predicted molar refractivity (Wildman–Crippen MR) is 64.5 cm³/mol. The van der Waals surface area contributed by atoms with Crippen molar-refractivity contribution in [2.75, 3.05) is 0 Å². The molecule has 0 unspecified atom stereocenters. The van der Waals surface area contributed by atoms with E-state index in [0.717, 1.165) is 7.02 Å². The quantitative estimate of drug-likeness (QED) is 0.774. The minimum atomic E-state index is -3.38. The molecule has 76 valence electrons. The van der Waals surface area contributed by atoms with E-state index in [1.54, 1.807) is 0 Å². The first-order valence-electron chi connectivity index (χ1n) is 4.90. The number of hydrogen-bond donors (Lipinski definition) is 0. The zero-order valence-corrected chi connectivity index (χ0v) is 11.2. The van der Waals surface area contributed by atoms with Gasteiger partial charge in [0.05, 0.1) is 0 Å². The topological polar surface area (TPSA) is 17.1 Å². The molecule has 0 atom stereocenters. The molecule has 15 heavy (non-hydrogen) atoms. The van der Waals surface area contributed by atoms with Gasteiger partial charge in [0.2, 0.25) is 0 Å². The molecule has 0 heterocycles. The van der Waals surface area contributed by atoms with Crippen LogP contribution in [0.2, 0.25) is 4.87 Å². The van der Waals surface area contributed by atoms with E-state index in [-0.39, 0.29) is 0 Å². The van der Waals surface area contributed by atoms with Gasteiger partial charge in [-0.15, -0.1) is 0 Å². The zero-order chi connectivity index (χ0) is 10.7. The summed E-state index contributed by atoms with van der Waals surface area (Å²) in [7, 11) is 0. The van der Waals surface area contributed by atoms with Crippen molar-refractivity contribution < 1.29 is 3.02 Å². The average molecular weight is 307 g/mol. The summed E-state index contributed by atoms with van der Waals surface area (Å²) in [6.45, 7) is 0. The molecule has 0 aliphatic carbocycles. The van der Waals surface area contributed by atoms with Crippen molar-refractivity contribution in [3.8, 4) is 0 Å². The van der Waals surface area contributed by atoms with E-state index in [9.17, 15) is 3.02 Å². The van der Waals surface area contributed by atoms with Crippen LogP contribution in [0.5, 0.6) is 0 Å². The molecule has 0 N–H and O–H groups in total. The fraction of sp³-hybridized carbons (Fsp3) is 0.0769. The standard InChI is InChI=1S/2C6H5.CH3.O.Sb/c2*1-2-4-6-5-3-1;;;/h2*1-5H;1H3;;. The normalized spacial score (nSPS) is 11.3. The van der Waals surface area contributed by atoms with Gasteiger partial charge in [-0.05, 0) is 0 Å². The summed E-state index contributed by atoms with van der Waals surface area (Å²) in [6, 6.07) is 19.6. The van der Waals surface area contributed by atoms with Crippen LogP contribution in [0.25, 0.3) is 0 Å². The molecule has 0 saturated heterocycles. The molecule has 0 bridgehead atoms. The number of rotatable bonds is 2. The van der Waals surface area contributed by atoms with E-state index in [2.05, 4.69) is 0 Å². The van der Waals surface area contributed by atoms with Crippen LogP contribution in [0.4, 0.5) is 0 Å². The second kappa shape index (κ2) is 4.28. The van der Waals surface area contributed by atoms with Crippen LogP contribution < -0.4 is 7.02 Å². The molecule has 0 amide bonds. The van der Waals surface area contributed by atoms with Gasteiger partial charge in [-0.25, -0.2) is 0 Å². The van der Waals surface area contributed by atoms with Gasteiger partial charge in [0.15, 0.2) is 0 Å². The zero-order valence-electron chi connectivity index (χ0n) is 8.63. The summed E-state index contributed by atoms with van der Waals surface area (Å²) in [5.74, 6) is 0. The molecule has 0 spiro atoms. The molecule has 0 aliphatic heterocycles. The summed E-state index contributed by atoms with van der Waals surface area (Å²) >= 11 is -3.38. The van der Waals surface area contributed by atoms with Gasteiger partial charge >= 0.3 is 94.4 Å². The van der Waals surface area contributed by atoms with E-state index >= 15 is 0 Å². The summed E-state index contributed by atoms with van der Waals surface area (Å²) in [6.07, 6.45) is 0. The van der Waals surface area contributed by atoms with Crippen molar-refractivity contribution in [2.24, 2.45) is 0 Å². The molecular formula is C13H13OSb. The molecule has 0 saturated carbocycles. The van der Waals surface area contributed by atoms with Crippen LogP contribution in [-0.2, 0) is 3.02 Å². The fourth-order valence-electron chi connectivity index (χ4n) is 1.57. The van der Waals surface area contributed by atoms with Crippen LogP contribution in [0, 0.1) is 0 Å². The van der Waals surface area contributed by atoms with Gasteiger partial charge in [-0.3, -0.25) is 0 Å². The Balaban J connectivity index is 2.50. The average Bonchev–Trinajstić information content (AvgIpc) is 2.31. The van der Waals surface area contributed by atoms with Crippen LogP contribution in [-0.4, -0.2) is 18.8 Å². The van der Waals surface area contributed by atoms with Crippen molar-refractivity contribution in [1.29, 1.82) is 0 Å². The summed E-state index contributed by atoms with van der Waals surface area (Å²) < 4.78 is 14.7. The molecule has 0 aromatic heterocycles. The molecule has 0 radical (unpaired) electrons. The molecule has 2 aromatic rings. The van der Waals surface area contributed by atoms with Crippen LogP contribution in [0.3, 0.4) is 0 Å². The van der Waals surface area contributed by atoms with Crippen molar-refractivity contribution in [1.82, 2.24) is 0 Å². The first-order valence-corrected chi connectivity index (χ1v) is 11.0. The second-order valence-electron chi connectivity index (χ2n) is 3.60. The number of hydrogen-bond acceptors (Lipinski definition) is 1. The predicted octanol–water partition coefficient (Wildman–Crippen LogP) is 1.81. The summed E-state index contributed by atoms with van der Waals surface area (Å²) in [5, 5.41) is 0. The van der Waals surface area contributed by atoms with Gasteiger partial charge < -0.3 is 0 Å². The van der Waals surface area contributed by atoms with Crippen molar-refractivity contribution in [3.05, 3.63) is 60.7 Å². The monoisotopic (exact) mass is 306 g/mol. The van der Waals surface area contributed by atoms with Gasteiger partial charge in [0.25, 0.3) is 0 Å². The molecular weight excluding hydrogens is 294 g/mol. The summed E-state index contributed by atoms with van der Waals surface area (Å²) in [4.78, 5) is 1.91. The Morgan fingerprint density at radius 2 is 1.07 bits per heavy atom. The van der Waals surface area contributed by atoms with Crippen LogP contribution in [0.1, 0.15) is 0 Å². The molecule has 2 heteroatoms. The van der Waals surface area contributed by atoms with Crippen molar-refractivity contribution in [3.63, 3.8) is 0 Å². The first kappa shape index (κ1) is 10.6. The van der Waals surface area contributed by atoms with E-state index in [1.165, 1.54) is 0 Å². The van der Waals surface area contributed by atoms with Gasteiger partial charge in [0.1, 0.15) is 0 Å². The SMILES string of the molecule is [CH3][Sb](=[O])([c]1ccccc1)[c]1ccccc1. The van der Waals surface area contributed by atoms with Gasteiger partial charge in [-0.2, -0.15) is 0 Å². The Kier molecular flexibility index (Phi) is 3.02. The Hall–Kier alpha value is -0.942. The molecule has 0 fully saturated rings. The Morgan fingerprint density at radius 1 is 0.733 bits per heavy atom. The molecule has 2 aromatic carbocycles. The Morgan fingerprint density at radius 3 is 1.40 bits per heavy atom. The molecule has 0 aliphatic rings. The Bertz CT molecular complexity index is 433. The van der Waals surface area contributed by atoms with Crippen LogP contribution in [0.15, 0.2) is 60.7 Å². The number of benzene rings is 2. The molecule has 2 rings (SSSR count).